The zero-order valence-electron chi connectivity index (χ0n) is 20.4. The molecule has 0 aliphatic rings. The smallest absolute Gasteiger partial charge is 0.230 e. The molecular formula is C29H26ClN3O2S. The van der Waals surface area contributed by atoms with E-state index >= 15 is 0 Å². The largest absolute Gasteiger partial charge is 0.497 e. The van der Waals surface area contributed by atoms with Crippen LogP contribution in [0.2, 0.25) is 5.02 Å². The second-order valence-corrected chi connectivity index (χ2v) is 9.51. The van der Waals surface area contributed by atoms with E-state index in [2.05, 4.69) is 43.0 Å². The first-order valence-corrected chi connectivity index (χ1v) is 13.1. The fraction of sp³-hybridized carbons (Fsp3) is 0.172. The number of thiazole rings is 1. The Morgan fingerprint density at radius 3 is 2.42 bits per heavy atom. The van der Waals surface area contributed by atoms with Gasteiger partial charge in [-0.25, -0.2) is 9.98 Å². The van der Waals surface area contributed by atoms with Crippen molar-refractivity contribution in [2.75, 3.05) is 25.1 Å². The molecule has 0 spiro atoms. The lowest BCUT2D eigenvalue weighted by Crippen LogP contribution is -2.21. The highest BCUT2D eigenvalue weighted by molar-refractivity contribution is 7.13. The molecule has 0 radical (unpaired) electrons. The number of anilines is 1. The normalized spacial score (nSPS) is 11.7. The van der Waals surface area contributed by atoms with Crippen LogP contribution in [0.1, 0.15) is 13.8 Å². The number of nitrogens with zero attached hydrogens (tertiary/aromatic N) is 3. The maximum Gasteiger partial charge on any atom is 0.230 e. The summed E-state index contributed by atoms with van der Waals surface area (Å²) < 4.78 is 11.7. The Balaban J connectivity index is 1.66. The molecule has 5 aromatic rings. The van der Waals surface area contributed by atoms with Crippen LogP contribution in [0, 0.1) is 0 Å². The molecule has 0 fully saturated rings. The van der Waals surface area contributed by atoms with E-state index < -0.39 is 0 Å². The van der Waals surface area contributed by atoms with E-state index in [1.807, 2.05) is 53.9 Å². The zero-order chi connectivity index (χ0) is 25.1. The predicted molar refractivity (Wildman–Crippen MR) is 150 cm³/mol. The molecule has 0 atom stereocenters. The molecule has 2 heterocycles. The molecule has 36 heavy (non-hydrogen) atoms. The molecule has 3 aromatic carbocycles. The Bertz CT molecular complexity index is 1550. The van der Waals surface area contributed by atoms with Crippen molar-refractivity contribution in [3.8, 4) is 27.6 Å². The number of halogens is 1. The molecule has 0 saturated heterocycles. The summed E-state index contributed by atoms with van der Waals surface area (Å²) in [6.07, 6.45) is 0. The van der Waals surface area contributed by atoms with Gasteiger partial charge in [0.25, 0.3) is 0 Å². The first-order valence-electron chi connectivity index (χ1n) is 11.8. The van der Waals surface area contributed by atoms with E-state index in [1.165, 1.54) is 0 Å². The van der Waals surface area contributed by atoms with E-state index in [0.717, 1.165) is 63.0 Å². The van der Waals surface area contributed by atoms with Crippen molar-refractivity contribution in [3.63, 3.8) is 0 Å². The predicted octanol–water partition coefficient (Wildman–Crippen LogP) is 7.96. The van der Waals surface area contributed by atoms with Gasteiger partial charge in [0.15, 0.2) is 0 Å². The van der Waals surface area contributed by atoms with Gasteiger partial charge < -0.3 is 14.1 Å². The monoisotopic (exact) mass is 515 g/mol. The molecule has 0 N–H and O–H groups in total. The number of benzene rings is 3. The lowest BCUT2D eigenvalue weighted by Gasteiger charge is -2.21. The molecule has 0 aliphatic heterocycles. The van der Waals surface area contributed by atoms with Crippen LogP contribution in [0.15, 0.2) is 87.6 Å². The minimum atomic E-state index is 0.515. The van der Waals surface area contributed by atoms with E-state index in [4.69, 9.17) is 30.7 Å². The van der Waals surface area contributed by atoms with Crippen molar-refractivity contribution in [2.24, 2.45) is 4.99 Å². The van der Waals surface area contributed by atoms with Gasteiger partial charge in [-0.3, -0.25) is 0 Å². The number of hydrogen-bond acceptors (Lipinski definition) is 6. The summed E-state index contributed by atoms with van der Waals surface area (Å²) in [6.45, 7) is 6.16. The molecule has 2 aromatic heterocycles. The minimum Gasteiger partial charge on any atom is -0.497 e. The van der Waals surface area contributed by atoms with Crippen LogP contribution >= 0.6 is 22.9 Å². The molecule has 0 unspecified atom stereocenters. The summed E-state index contributed by atoms with van der Waals surface area (Å²) in [5.74, 6) is 0.779. The maximum atomic E-state index is 6.44. The van der Waals surface area contributed by atoms with Gasteiger partial charge in [-0.1, -0.05) is 23.7 Å². The number of ether oxygens (including phenoxy) is 1. The molecule has 182 valence electrons. The highest BCUT2D eigenvalue weighted by atomic mass is 35.5. The van der Waals surface area contributed by atoms with Gasteiger partial charge in [-0.15, -0.1) is 11.3 Å². The molecular weight excluding hydrogens is 490 g/mol. The quantitative estimate of drug-likeness (QED) is 0.220. The number of methoxy groups -OCH3 is 1. The second-order valence-electron chi connectivity index (χ2n) is 8.21. The molecule has 7 heteroatoms. The van der Waals surface area contributed by atoms with Crippen LogP contribution in [0.25, 0.3) is 32.8 Å². The molecule has 0 bridgehead atoms. The summed E-state index contributed by atoms with van der Waals surface area (Å²) in [7, 11) is 1.65. The van der Waals surface area contributed by atoms with E-state index in [1.54, 1.807) is 18.4 Å². The van der Waals surface area contributed by atoms with Gasteiger partial charge in [-0.05, 0) is 68.4 Å². The average molecular weight is 516 g/mol. The van der Waals surface area contributed by atoms with Gasteiger partial charge in [-0.2, -0.15) is 0 Å². The van der Waals surface area contributed by atoms with Crippen LogP contribution in [0.5, 0.6) is 5.75 Å². The number of rotatable bonds is 7. The van der Waals surface area contributed by atoms with Crippen molar-refractivity contribution >= 4 is 45.3 Å². The standard InChI is InChI=1S/C29H26ClN3O2S/c1-4-33(5-2)23-13-8-20-16-25(29-32-26(18-36-29)19-6-9-21(30)10-7-19)28(35-27(20)17-23)31-22-11-14-24(34-3)15-12-22/h6-18H,4-5H2,1-3H3. The van der Waals surface area contributed by atoms with Gasteiger partial charge in [0, 0.05) is 46.2 Å². The fourth-order valence-corrected chi connectivity index (χ4v) is 5.02. The van der Waals surface area contributed by atoms with Crippen LogP contribution in [-0.2, 0) is 0 Å². The van der Waals surface area contributed by atoms with Crippen molar-refractivity contribution in [1.82, 2.24) is 4.98 Å². The van der Waals surface area contributed by atoms with Gasteiger partial charge in [0.2, 0.25) is 5.55 Å². The lowest BCUT2D eigenvalue weighted by atomic mass is 10.1. The SMILES string of the molecule is CCN(CC)c1ccc2cc(-c3nc(-c4ccc(Cl)cc4)cs3)c(=Nc3ccc(OC)cc3)oc2c1. The average Bonchev–Trinajstić information content (AvgIpc) is 3.40. The summed E-state index contributed by atoms with van der Waals surface area (Å²) in [6, 6.07) is 23.7. The van der Waals surface area contributed by atoms with Crippen LogP contribution < -0.4 is 15.2 Å². The highest BCUT2D eigenvalue weighted by Gasteiger charge is 2.14. The third-order valence-electron chi connectivity index (χ3n) is 6.04. The summed E-state index contributed by atoms with van der Waals surface area (Å²) in [5.41, 5.74) is 5.94. The molecule has 0 aliphatic carbocycles. The Labute approximate surface area is 219 Å². The third kappa shape index (κ3) is 5.01. The topological polar surface area (TPSA) is 50.9 Å². The van der Waals surface area contributed by atoms with Crippen molar-refractivity contribution in [1.29, 1.82) is 0 Å². The van der Waals surface area contributed by atoms with Gasteiger partial charge in [0.05, 0.1) is 24.1 Å². The summed E-state index contributed by atoms with van der Waals surface area (Å²) in [4.78, 5) is 12.1. The molecule has 5 rings (SSSR count). The van der Waals surface area contributed by atoms with Crippen molar-refractivity contribution in [2.45, 2.75) is 13.8 Å². The Morgan fingerprint density at radius 1 is 0.972 bits per heavy atom. The van der Waals surface area contributed by atoms with Gasteiger partial charge >= 0.3 is 0 Å². The Morgan fingerprint density at radius 2 is 1.72 bits per heavy atom. The summed E-state index contributed by atoms with van der Waals surface area (Å²) >= 11 is 7.63. The van der Waals surface area contributed by atoms with E-state index in [-0.39, 0.29) is 0 Å². The van der Waals surface area contributed by atoms with E-state index in [9.17, 15) is 0 Å². The fourth-order valence-electron chi connectivity index (χ4n) is 4.05. The Kier molecular flexibility index (Phi) is 7.07. The molecule has 0 saturated carbocycles. The molecule has 0 amide bonds. The minimum absolute atomic E-state index is 0.515. The number of aromatic nitrogens is 1. The van der Waals surface area contributed by atoms with E-state index in [0.29, 0.717) is 10.6 Å². The Hall–Kier alpha value is -3.61. The maximum absolute atomic E-state index is 6.44. The van der Waals surface area contributed by atoms with Gasteiger partial charge in [0.1, 0.15) is 16.3 Å². The third-order valence-corrected chi connectivity index (χ3v) is 7.17. The van der Waals surface area contributed by atoms with Crippen LogP contribution in [0.3, 0.4) is 0 Å². The lowest BCUT2D eigenvalue weighted by molar-refractivity contribution is 0.415. The first kappa shape index (κ1) is 24.1. The van der Waals surface area contributed by atoms with Crippen LogP contribution in [0.4, 0.5) is 11.4 Å². The second kappa shape index (κ2) is 10.6. The number of fused-ring (bicyclic) bond motifs is 1. The van der Waals surface area contributed by atoms with Crippen LogP contribution in [-0.4, -0.2) is 25.2 Å². The van der Waals surface area contributed by atoms with Crippen molar-refractivity contribution < 1.29 is 9.15 Å². The van der Waals surface area contributed by atoms with Crippen molar-refractivity contribution in [3.05, 3.63) is 88.8 Å². The summed E-state index contributed by atoms with van der Waals surface area (Å²) in [5, 5.41) is 4.58. The first-order chi connectivity index (χ1) is 17.6. The zero-order valence-corrected chi connectivity index (χ0v) is 21.9. The number of hydrogen-bond donors (Lipinski definition) is 0. The highest BCUT2D eigenvalue weighted by Crippen LogP contribution is 2.31. The molecule has 5 nitrogen and oxygen atoms in total.